The van der Waals surface area contributed by atoms with Crippen LogP contribution in [0.25, 0.3) is 0 Å². The molecule has 0 unspecified atom stereocenters. The number of hydrogen-bond acceptors (Lipinski definition) is 4. The van der Waals surface area contributed by atoms with Crippen molar-refractivity contribution in [1.82, 2.24) is 10.2 Å². The van der Waals surface area contributed by atoms with Crippen molar-refractivity contribution in [2.45, 2.75) is 38.4 Å². The normalized spacial score (nSPS) is 27.4. The van der Waals surface area contributed by atoms with Crippen molar-refractivity contribution in [3.05, 3.63) is 29.3 Å². The average Bonchev–Trinajstić information content (AvgIpc) is 3.07. The Balaban J connectivity index is 1.50. The molecule has 26 heavy (non-hydrogen) atoms. The van der Waals surface area contributed by atoms with Crippen LogP contribution in [-0.4, -0.2) is 65.4 Å². The van der Waals surface area contributed by atoms with Crippen molar-refractivity contribution < 1.29 is 19.8 Å². The fourth-order valence-electron chi connectivity index (χ4n) is 4.45. The minimum atomic E-state index is -0.464. The number of aryl methyl sites for hydroxylation is 1. The second-order valence-electron chi connectivity index (χ2n) is 7.68. The van der Waals surface area contributed by atoms with Gasteiger partial charge in [-0.3, -0.25) is 9.69 Å². The van der Waals surface area contributed by atoms with Crippen molar-refractivity contribution in [3.8, 4) is 0 Å². The van der Waals surface area contributed by atoms with Gasteiger partial charge in [0.1, 0.15) is 0 Å². The maximum absolute atomic E-state index is 12.9. The Kier molecular flexibility index (Phi) is 4.16. The van der Waals surface area contributed by atoms with E-state index in [1.54, 1.807) is 21.9 Å². The molecule has 0 aromatic heterocycles. The summed E-state index contributed by atoms with van der Waals surface area (Å²) in [5.74, 6) is -0.0657. The first-order valence-electron chi connectivity index (χ1n) is 9.24. The van der Waals surface area contributed by atoms with Gasteiger partial charge in [-0.25, -0.2) is 4.79 Å². The van der Waals surface area contributed by atoms with Crippen LogP contribution >= 0.6 is 0 Å². The first-order chi connectivity index (χ1) is 12.4. The second-order valence-corrected chi connectivity index (χ2v) is 7.68. The van der Waals surface area contributed by atoms with Crippen LogP contribution in [0.4, 0.5) is 10.5 Å². The minimum absolute atomic E-state index is 0.0657. The van der Waals surface area contributed by atoms with Crippen LogP contribution in [0.15, 0.2) is 18.2 Å². The molecule has 0 bridgehead atoms. The van der Waals surface area contributed by atoms with Gasteiger partial charge in [0.05, 0.1) is 12.2 Å². The number of amides is 3. The zero-order chi connectivity index (χ0) is 18.5. The smallest absolute Gasteiger partial charge is 0.322 e. The molecule has 3 N–H and O–H groups in total. The summed E-state index contributed by atoms with van der Waals surface area (Å²) >= 11 is 0. The molecule has 0 radical (unpaired) electrons. The molecule has 140 valence electrons. The largest absolute Gasteiger partial charge is 0.392 e. The zero-order valence-corrected chi connectivity index (χ0v) is 14.9. The minimum Gasteiger partial charge on any atom is -0.392 e. The van der Waals surface area contributed by atoms with E-state index in [1.165, 1.54) is 0 Å². The van der Waals surface area contributed by atoms with Gasteiger partial charge < -0.3 is 20.4 Å². The molecule has 3 fully saturated rings. The first kappa shape index (κ1) is 17.3. The molecule has 7 heteroatoms. The van der Waals surface area contributed by atoms with Gasteiger partial charge in [0.25, 0.3) is 5.91 Å². The van der Waals surface area contributed by atoms with E-state index in [2.05, 4.69) is 5.32 Å². The van der Waals surface area contributed by atoms with E-state index in [-0.39, 0.29) is 11.9 Å². The van der Waals surface area contributed by atoms with Crippen molar-refractivity contribution in [1.29, 1.82) is 0 Å². The third kappa shape index (κ3) is 2.57. The summed E-state index contributed by atoms with van der Waals surface area (Å²) in [5.41, 5.74) is 1.86. The molecule has 4 rings (SSSR count). The van der Waals surface area contributed by atoms with E-state index in [0.717, 1.165) is 11.3 Å². The van der Waals surface area contributed by atoms with Gasteiger partial charge in [0.2, 0.25) is 0 Å². The van der Waals surface area contributed by atoms with Crippen molar-refractivity contribution in [2.75, 3.05) is 31.1 Å². The lowest BCUT2D eigenvalue weighted by Gasteiger charge is -2.55. The van der Waals surface area contributed by atoms with Crippen molar-refractivity contribution >= 4 is 17.6 Å². The van der Waals surface area contributed by atoms with Crippen LogP contribution in [0.3, 0.4) is 0 Å². The third-order valence-corrected chi connectivity index (χ3v) is 6.36. The first-order valence-corrected chi connectivity index (χ1v) is 9.24. The number of aliphatic hydroxyl groups excluding tert-OH is 2. The topological polar surface area (TPSA) is 93.1 Å². The lowest BCUT2D eigenvalue weighted by Crippen LogP contribution is -2.61. The molecule has 3 aliphatic rings. The number of urea groups is 1. The van der Waals surface area contributed by atoms with Gasteiger partial charge in [-0.15, -0.1) is 0 Å². The predicted molar refractivity (Wildman–Crippen MR) is 96.1 cm³/mol. The molecule has 2 atom stereocenters. The number of aliphatic hydroxyl groups is 2. The van der Waals surface area contributed by atoms with E-state index in [0.29, 0.717) is 51.0 Å². The van der Waals surface area contributed by atoms with Gasteiger partial charge >= 0.3 is 6.03 Å². The molecule has 2 saturated heterocycles. The Morgan fingerprint density at radius 2 is 1.88 bits per heavy atom. The van der Waals surface area contributed by atoms with E-state index in [1.807, 2.05) is 13.0 Å². The van der Waals surface area contributed by atoms with Crippen LogP contribution in [0.5, 0.6) is 0 Å². The summed E-state index contributed by atoms with van der Waals surface area (Å²) in [6.45, 7) is 4.19. The van der Waals surface area contributed by atoms with E-state index < -0.39 is 17.6 Å². The summed E-state index contributed by atoms with van der Waals surface area (Å²) in [6, 6.07) is 5.33. The fraction of sp³-hybridized carbons (Fsp3) is 0.579. The molecular formula is C19H25N3O4. The number of hydrogen-bond donors (Lipinski definition) is 3. The van der Waals surface area contributed by atoms with E-state index in [4.69, 9.17) is 0 Å². The molecule has 2 heterocycles. The lowest BCUT2D eigenvalue weighted by molar-refractivity contribution is -0.187. The molecule has 1 aromatic carbocycles. The molecule has 1 aromatic rings. The van der Waals surface area contributed by atoms with Crippen LogP contribution < -0.4 is 10.2 Å². The highest BCUT2D eigenvalue weighted by Crippen LogP contribution is 2.49. The highest BCUT2D eigenvalue weighted by molar-refractivity contribution is 5.99. The summed E-state index contributed by atoms with van der Waals surface area (Å²) in [6.07, 6.45) is 0.749. The predicted octanol–water partition coefficient (Wildman–Crippen LogP) is 0.873. The quantitative estimate of drug-likeness (QED) is 0.731. The van der Waals surface area contributed by atoms with Gasteiger partial charge in [-0.1, -0.05) is 6.07 Å². The van der Waals surface area contributed by atoms with E-state index >= 15 is 0 Å². The number of likely N-dealkylation sites (tertiary alicyclic amines) is 1. The number of nitrogens with zero attached hydrogens (tertiary/aromatic N) is 2. The average molecular weight is 359 g/mol. The zero-order valence-electron chi connectivity index (χ0n) is 14.9. The second kappa shape index (κ2) is 6.25. The highest BCUT2D eigenvalue weighted by Gasteiger charge is 2.55. The van der Waals surface area contributed by atoms with Crippen LogP contribution in [0, 0.1) is 12.3 Å². The Labute approximate surface area is 152 Å². The van der Waals surface area contributed by atoms with Crippen LogP contribution in [0.1, 0.15) is 35.2 Å². The van der Waals surface area contributed by atoms with Gasteiger partial charge in [0.15, 0.2) is 0 Å². The number of nitrogens with one attached hydrogen (secondary N) is 1. The van der Waals surface area contributed by atoms with Gasteiger partial charge in [-0.05, 0) is 37.5 Å². The number of anilines is 1. The molecule has 1 spiro atoms. The summed E-state index contributed by atoms with van der Waals surface area (Å²) in [7, 11) is 0. The monoisotopic (exact) mass is 359 g/mol. The maximum atomic E-state index is 12.9. The molecule has 7 nitrogen and oxygen atoms in total. The Hall–Kier alpha value is -2.12. The van der Waals surface area contributed by atoms with Crippen molar-refractivity contribution in [3.63, 3.8) is 0 Å². The summed E-state index contributed by atoms with van der Waals surface area (Å²) in [4.78, 5) is 28.3. The number of benzene rings is 1. The Bertz CT molecular complexity index is 732. The SMILES string of the molecule is Cc1ccc(C(=O)N2CCC3(CC2)[C@H](O)C[C@@H]3O)cc1N1CCNC1=O. The Morgan fingerprint density at radius 3 is 2.46 bits per heavy atom. The summed E-state index contributed by atoms with van der Waals surface area (Å²) in [5, 5.41) is 22.9. The fourth-order valence-corrected chi connectivity index (χ4v) is 4.45. The maximum Gasteiger partial charge on any atom is 0.322 e. The third-order valence-electron chi connectivity index (χ3n) is 6.36. The van der Waals surface area contributed by atoms with Crippen LogP contribution in [-0.2, 0) is 0 Å². The Morgan fingerprint density at radius 1 is 1.19 bits per heavy atom. The highest BCUT2D eigenvalue weighted by atomic mass is 16.3. The van der Waals surface area contributed by atoms with E-state index in [9.17, 15) is 19.8 Å². The number of piperidine rings is 1. The standard InChI is InChI=1S/C19H25N3O4/c1-12-2-3-13(10-14(12)22-9-6-20-18(22)26)17(25)21-7-4-19(5-8-21)15(23)11-16(19)24/h2-3,10,15-16,23-24H,4-9,11H2,1H3,(H,20,26)/t15-,16+. The molecule has 3 amide bonds. The van der Waals surface area contributed by atoms with Crippen LogP contribution in [0.2, 0.25) is 0 Å². The number of carbonyl (C=O) groups excluding carboxylic acids is 2. The van der Waals surface area contributed by atoms with Crippen molar-refractivity contribution in [2.24, 2.45) is 5.41 Å². The molecule has 2 aliphatic heterocycles. The van der Waals surface area contributed by atoms with Gasteiger partial charge in [-0.2, -0.15) is 0 Å². The molecule has 1 saturated carbocycles. The van der Waals surface area contributed by atoms with Gasteiger partial charge in [0, 0.05) is 49.3 Å². The summed E-state index contributed by atoms with van der Waals surface area (Å²) < 4.78 is 0. The molecule has 1 aliphatic carbocycles. The lowest BCUT2D eigenvalue weighted by atomic mass is 9.58. The number of carbonyl (C=O) groups is 2. The molecular weight excluding hydrogens is 334 g/mol. The number of rotatable bonds is 2.